The molecule has 5 heterocycles. The van der Waals surface area contributed by atoms with Crippen LogP contribution >= 0.6 is 11.3 Å². The molecule has 2 fully saturated rings. The van der Waals surface area contributed by atoms with E-state index in [1.165, 1.54) is 12.5 Å². The van der Waals surface area contributed by atoms with E-state index in [9.17, 15) is 4.79 Å². The molecular weight excluding hydrogens is 352 g/mol. The van der Waals surface area contributed by atoms with Crippen molar-refractivity contribution in [2.75, 3.05) is 37.7 Å². The minimum absolute atomic E-state index is 0.0152. The van der Waals surface area contributed by atoms with Gasteiger partial charge in [0.15, 0.2) is 0 Å². The highest BCUT2D eigenvalue weighted by Gasteiger charge is 2.36. The van der Waals surface area contributed by atoms with Crippen LogP contribution in [0.1, 0.15) is 10.4 Å². The van der Waals surface area contributed by atoms with Crippen LogP contribution < -0.4 is 4.90 Å². The molecule has 0 N–H and O–H groups in total. The van der Waals surface area contributed by atoms with Crippen LogP contribution in [0, 0.1) is 5.92 Å². The van der Waals surface area contributed by atoms with Crippen molar-refractivity contribution in [3.05, 3.63) is 41.9 Å². The van der Waals surface area contributed by atoms with Crippen molar-refractivity contribution in [3.8, 4) is 0 Å². The molecule has 2 aliphatic rings. The predicted molar refractivity (Wildman–Crippen MR) is 97.5 cm³/mol. The second-order valence-electron chi connectivity index (χ2n) is 6.76. The number of thiophene rings is 1. The standard InChI is InChI=1S/C18H18N4O3S/c23-18(13-1-3-24-9-13)21-5-12-6-22(14(7-21)10-25-8-12)17-16-15(2-4-26-16)19-11-20-17/h1-4,9,11-12,14H,5-8,10H2/t12-,14-/m0/s1. The molecule has 3 aromatic rings. The van der Waals surface area contributed by atoms with Gasteiger partial charge in [0.05, 0.1) is 41.3 Å². The largest absolute Gasteiger partial charge is 0.472 e. The van der Waals surface area contributed by atoms with E-state index in [1.807, 2.05) is 16.3 Å². The van der Waals surface area contributed by atoms with Gasteiger partial charge in [-0.3, -0.25) is 4.79 Å². The van der Waals surface area contributed by atoms with Crippen LogP contribution in [0.25, 0.3) is 10.2 Å². The number of carbonyl (C=O) groups excluding carboxylic acids is 1. The van der Waals surface area contributed by atoms with Crippen LogP contribution in [0.5, 0.6) is 0 Å². The molecule has 2 bridgehead atoms. The van der Waals surface area contributed by atoms with Gasteiger partial charge in [-0.2, -0.15) is 0 Å². The van der Waals surface area contributed by atoms with Crippen molar-refractivity contribution in [2.45, 2.75) is 6.04 Å². The Morgan fingerprint density at radius 1 is 1.19 bits per heavy atom. The molecule has 7 nitrogen and oxygen atoms in total. The molecule has 0 unspecified atom stereocenters. The first-order chi connectivity index (χ1) is 12.8. The smallest absolute Gasteiger partial charge is 0.257 e. The van der Waals surface area contributed by atoms with Crippen molar-refractivity contribution in [3.63, 3.8) is 0 Å². The Balaban J connectivity index is 1.50. The van der Waals surface area contributed by atoms with E-state index in [0.717, 1.165) is 22.6 Å². The van der Waals surface area contributed by atoms with Crippen molar-refractivity contribution >= 4 is 33.3 Å². The van der Waals surface area contributed by atoms with Crippen molar-refractivity contribution < 1.29 is 13.9 Å². The van der Waals surface area contributed by atoms with E-state index in [2.05, 4.69) is 14.9 Å². The maximum absolute atomic E-state index is 12.8. The van der Waals surface area contributed by atoms with Gasteiger partial charge in [0.1, 0.15) is 18.4 Å². The zero-order chi connectivity index (χ0) is 17.5. The molecule has 0 spiro atoms. The Morgan fingerprint density at radius 2 is 2.15 bits per heavy atom. The summed E-state index contributed by atoms with van der Waals surface area (Å²) in [5.41, 5.74) is 1.56. The Kier molecular flexibility index (Phi) is 3.86. The number of carbonyl (C=O) groups is 1. The van der Waals surface area contributed by atoms with Gasteiger partial charge >= 0.3 is 0 Å². The van der Waals surface area contributed by atoms with Gasteiger partial charge in [-0.25, -0.2) is 9.97 Å². The molecule has 5 rings (SSSR count). The molecule has 0 radical (unpaired) electrons. The molecule has 2 aliphatic heterocycles. The summed E-state index contributed by atoms with van der Waals surface area (Å²) < 4.78 is 12.1. The Labute approximate surface area is 154 Å². The summed E-state index contributed by atoms with van der Waals surface area (Å²) in [6.07, 6.45) is 4.67. The summed E-state index contributed by atoms with van der Waals surface area (Å²) in [5.74, 6) is 1.20. The third-order valence-electron chi connectivity index (χ3n) is 5.02. The van der Waals surface area contributed by atoms with Crippen molar-refractivity contribution in [2.24, 2.45) is 5.92 Å². The average Bonchev–Trinajstić information content (AvgIpc) is 3.26. The van der Waals surface area contributed by atoms with E-state index in [-0.39, 0.29) is 17.9 Å². The van der Waals surface area contributed by atoms with Crippen LogP contribution in [0.3, 0.4) is 0 Å². The summed E-state index contributed by atoms with van der Waals surface area (Å²) in [6, 6.07) is 3.80. The van der Waals surface area contributed by atoms with Gasteiger partial charge in [0.25, 0.3) is 5.91 Å². The van der Waals surface area contributed by atoms with Crippen LogP contribution in [0.2, 0.25) is 0 Å². The number of ether oxygens (including phenoxy) is 1. The van der Waals surface area contributed by atoms with Crippen LogP contribution in [0.15, 0.2) is 40.8 Å². The maximum Gasteiger partial charge on any atom is 0.257 e. The van der Waals surface area contributed by atoms with Gasteiger partial charge in [-0.1, -0.05) is 0 Å². The molecule has 1 amide bonds. The molecule has 2 saturated heterocycles. The summed E-state index contributed by atoms with van der Waals surface area (Å²) in [5, 5.41) is 2.04. The maximum atomic E-state index is 12.8. The van der Waals surface area contributed by atoms with Gasteiger partial charge in [0.2, 0.25) is 0 Å². The lowest BCUT2D eigenvalue weighted by molar-refractivity contribution is 0.0496. The fraction of sp³-hybridized carbons (Fsp3) is 0.389. The molecule has 0 aliphatic carbocycles. The first-order valence-corrected chi connectivity index (χ1v) is 9.51. The van der Waals surface area contributed by atoms with Crippen LogP contribution in [-0.2, 0) is 4.74 Å². The number of hydrogen-bond donors (Lipinski definition) is 0. The summed E-state index contributed by atoms with van der Waals surface area (Å²) in [7, 11) is 0. The first kappa shape index (κ1) is 15.8. The van der Waals surface area contributed by atoms with Gasteiger partial charge in [0, 0.05) is 25.6 Å². The average molecular weight is 370 g/mol. The number of furan rings is 1. The molecule has 0 saturated carbocycles. The predicted octanol–water partition coefficient (Wildman–Crippen LogP) is 2.26. The van der Waals surface area contributed by atoms with Crippen LogP contribution in [0.4, 0.5) is 5.82 Å². The van der Waals surface area contributed by atoms with Crippen molar-refractivity contribution in [1.82, 2.24) is 14.9 Å². The molecular formula is C18H18N4O3S. The van der Waals surface area contributed by atoms with Crippen molar-refractivity contribution in [1.29, 1.82) is 0 Å². The topological polar surface area (TPSA) is 71.7 Å². The quantitative estimate of drug-likeness (QED) is 0.689. The summed E-state index contributed by atoms with van der Waals surface area (Å²) >= 11 is 1.65. The number of amides is 1. The normalized spacial score (nSPS) is 23.2. The highest BCUT2D eigenvalue weighted by atomic mass is 32.1. The van der Waals surface area contributed by atoms with E-state index in [4.69, 9.17) is 9.15 Å². The van der Waals surface area contributed by atoms with Crippen LogP contribution in [-0.4, -0.2) is 59.7 Å². The Morgan fingerprint density at radius 3 is 3.04 bits per heavy atom. The first-order valence-electron chi connectivity index (χ1n) is 8.63. The zero-order valence-electron chi connectivity index (χ0n) is 14.1. The van der Waals surface area contributed by atoms with Gasteiger partial charge in [-0.05, 0) is 17.5 Å². The number of anilines is 1. The number of hydrogen-bond acceptors (Lipinski definition) is 7. The van der Waals surface area contributed by atoms with E-state index >= 15 is 0 Å². The molecule has 3 aromatic heterocycles. The Hall–Kier alpha value is -2.45. The van der Waals surface area contributed by atoms with Gasteiger partial charge in [-0.15, -0.1) is 11.3 Å². The minimum Gasteiger partial charge on any atom is -0.472 e. The number of rotatable bonds is 2. The third-order valence-corrected chi connectivity index (χ3v) is 5.92. The highest BCUT2D eigenvalue weighted by Crippen LogP contribution is 2.32. The molecule has 26 heavy (non-hydrogen) atoms. The summed E-state index contributed by atoms with van der Waals surface area (Å²) in [4.78, 5) is 26.0. The molecule has 134 valence electrons. The summed E-state index contributed by atoms with van der Waals surface area (Å²) in [6.45, 7) is 3.35. The SMILES string of the molecule is O=C(c1ccoc1)N1C[C@@H]2COC[C@H](C1)N(c1ncnc3ccsc13)C2. The lowest BCUT2D eigenvalue weighted by Gasteiger charge is -2.31. The van der Waals surface area contributed by atoms with Gasteiger partial charge < -0.3 is 19.0 Å². The monoisotopic (exact) mass is 370 g/mol. The van der Waals surface area contributed by atoms with E-state index in [1.54, 1.807) is 23.7 Å². The fourth-order valence-electron chi connectivity index (χ4n) is 3.82. The fourth-order valence-corrected chi connectivity index (χ4v) is 4.67. The second-order valence-corrected chi connectivity index (χ2v) is 7.68. The van der Waals surface area contributed by atoms with E-state index < -0.39 is 0 Å². The zero-order valence-corrected chi connectivity index (χ0v) is 14.9. The molecule has 0 aromatic carbocycles. The number of nitrogens with zero attached hydrogens (tertiary/aromatic N) is 4. The lowest BCUT2D eigenvalue weighted by Crippen LogP contribution is -2.46. The number of aromatic nitrogens is 2. The highest BCUT2D eigenvalue weighted by molar-refractivity contribution is 7.17. The Bertz CT molecular complexity index is 926. The minimum atomic E-state index is 0.0152. The molecule has 8 heteroatoms. The van der Waals surface area contributed by atoms with E-state index in [0.29, 0.717) is 31.9 Å². The second kappa shape index (κ2) is 6.37. The number of fused-ring (bicyclic) bond motifs is 4. The molecule has 2 atom stereocenters. The third kappa shape index (κ3) is 2.65. The lowest BCUT2D eigenvalue weighted by atomic mass is 10.1.